The maximum Gasteiger partial charge on any atom is 0.0522 e. The largest absolute Gasteiger partial charge is 0.384 e. The Balaban J connectivity index is 3.26. The van der Waals surface area contributed by atoms with Gasteiger partial charge in [0.15, 0.2) is 0 Å². The van der Waals surface area contributed by atoms with Crippen molar-refractivity contribution in [2.75, 3.05) is 19.6 Å². The molecule has 0 rings (SSSR count). The molecule has 1 atom stereocenters. The van der Waals surface area contributed by atoms with Gasteiger partial charge < -0.3 is 4.74 Å². The van der Waals surface area contributed by atoms with Crippen LogP contribution < -0.4 is 0 Å². The van der Waals surface area contributed by atoms with E-state index in [0.29, 0.717) is 11.8 Å². The van der Waals surface area contributed by atoms with Crippen LogP contribution >= 0.6 is 11.6 Å². The number of rotatable bonds is 5. The van der Waals surface area contributed by atoms with Crippen LogP contribution in [0.1, 0.15) is 13.3 Å². The van der Waals surface area contributed by atoms with Crippen molar-refractivity contribution in [1.29, 1.82) is 0 Å². The van der Waals surface area contributed by atoms with Crippen molar-refractivity contribution in [3.8, 4) is 0 Å². The third-order valence-electron chi connectivity index (χ3n) is 1.17. The van der Waals surface area contributed by atoms with Gasteiger partial charge >= 0.3 is 0 Å². The maximum absolute atomic E-state index is 5.48. The van der Waals surface area contributed by atoms with Gasteiger partial charge in [-0.3, -0.25) is 0 Å². The standard InChI is InChI=1S/C8H15ClO/c1-8(7-10-2)5-3-4-6-9/h3,5,8H,4,6-7H2,1-2H3/b5-3+. The van der Waals surface area contributed by atoms with Crippen molar-refractivity contribution in [2.45, 2.75) is 13.3 Å². The minimum atomic E-state index is 0.508. The van der Waals surface area contributed by atoms with E-state index in [1.807, 2.05) is 0 Å². The summed E-state index contributed by atoms with van der Waals surface area (Å²) in [5, 5.41) is 0. The molecular weight excluding hydrogens is 148 g/mol. The number of hydrogen-bond donors (Lipinski definition) is 0. The van der Waals surface area contributed by atoms with Gasteiger partial charge in [0.05, 0.1) is 6.61 Å². The van der Waals surface area contributed by atoms with E-state index in [1.54, 1.807) is 7.11 Å². The van der Waals surface area contributed by atoms with Gasteiger partial charge in [0.25, 0.3) is 0 Å². The molecule has 0 aliphatic heterocycles. The Morgan fingerprint density at radius 3 is 2.80 bits per heavy atom. The molecule has 1 nitrogen and oxygen atoms in total. The Kier molecular flexibility index (Phi) is 7.09. The van der Waals surface area contributed by atoms with Gasteiger partial charge in [0.2, 0.25) is 0 Å². The van der Waals surface area contributed by atoms with E-state index < -0.39 is 0 Å². The number of hydrogen-bond acceptors (Lipinski definition) is 1. The van der Waals surface area contributed by atoms with Crippen molar-refractivity contribution in [3.05, 3.63) is 12.2 Å². The zero-order valence-corrected chi connectivity index (χ0v) is 7.40. The normalized spacial score (nSPS) is 14.3. The highest BCUT2D eigenvalue weighted by Gasteiger charge is 1.92. The number of allylic oxidation sites excluding steroid dienone is 1. The van der Waals surface area contributed by atoms with Crippen LogP contribution in [0.25, 0.3) is 0 Å². The minimum absolute atomic E-state index is 0.508. The van der Waals surface area contributed by atoms with Crippen molar-refractivity contribution in [3.63, 3.8) is 0 Å². The van der Waals surface area contributed by atoms with Gasteiger partial charge in [0.1, 0.15) is 0 Å². The quantitative estimate of drug-likeness (QED) is 0.446. The van der Waals surface area contributed by atoms with Crippen LogP contribution in [0.2, 0.25) is 0 Å². The van der Waals surface area contributed by atoms with Crippen molar-refractivity contribution < 1.29 is 4.74 Å². The molecule has 0 saturated carbocycles. The highest BCUT2D eigenvalue weighted by Crippen LogP contribution is 1.98. The molecular formula is C8H15ClO. The lowest BCUT2D eigenvalue weighted by molar-refractivity contribution is 0.176. The predicted octanol–water partition coefficient (Wildman–Crippen LogP) is 2.45. The predicted molar refractivity (Wildman–Crippen MR) is 45.5 cm³/mol. The van der Waals surface area contributed by atoms with E-state index in [1.165, 1.54) is 0 Å². The fourth-order valence-electron chi connectivity index (χ4n) is 0.710. The summed E-state index contributed by atoms with van der Waals surface area (Å²) in [6.07, 6.45) is 5.18. The van der Waals surface area contributed by atoms with Gasteiger partial charge in [-0.2, -0.15) is 0 Å². The molecule has 0 bridgehead atoms. The highest BCUT2D eigenvalue weighted by molar-refractivity contribution is 6.17. The summed E-state index contributed by atoms with van der Waals surface area (Å²) >= 11 is 5.48. The Morgan fingerprint density at radius 2 is 2.30 bits per heavy atom. The lowest BCUT2D eigenvalue weighted by Crippen LogP contribution is -1.98. The molecule has 0 spiro atoms. The SMILES string of the molecule is COCC(C)/C=C/CCCl. The van der Waals surface area contributed by atoms with Gasteiger partial charge in [-0.1, -0.05) is 19.1 Å². The molecule has 0 aliphatic rings. The average molecular weight is 163 g/mol. The fraction of sp³-hybridized carbons (Fsp3) is 0.750. The molecule has 10 heavy (non-hydrogen) atoms. The van der Waals surface area contributed by atoms with Crippen molar-refractivity contribution in [2.24, 2.45) is 5.92 Å². The first kappa shape index (κ1) is 9.99. The van der Waals surface area contributed by atoms with E-state index in [-0.39, 0.29) is 0 Å². The Bertz CT molecular complexity index is 91.3. The topological polar surface area (TPSA) is 9.23 Å². The monoisotopic (exact) mass is 162 g/mol. The Hall–Kier alpha value is -0.0100. The highest BCUT2D eigenvalue weighted by atomic mass is 35.5. The van der Waals surface area contributed by atoms with Gasteiger partial charge in [-0.25, -0.2) is 0 Å². The van der Waals surface area contributed by atoms with Crippen LogP contribution in [0.4, 0.5) is 0 Å². The molecule has 0 aromatic carbocycles. The zero-order chi connectivity index (χ0) is 7.82. The molecule has 0 aliphatic carbocycles. The van der Waals surface area contributed by atoms with Crippen LogP contribution in [0.15, 0.2) is 12.2 Å². The van der Waals surface area contributed by atoms with Crippen molar-refractivity contribution in [1.82, 2.24) is 0 Å². The first-order chi connectivity index (χ1) is 4.81. The van der Waals surface area contributed by atoms with Gasteiger partial charge in [-0.15, -0.1) is 11.6 Å². The molecule has 0 heterocycles. The van der Waals surface area contributed by atoms with Crippen LogP contribution in [0, 0.1) is 5.92 Å². The summed E-state index contributed by atoms with van der Waals surface area (Å²) < 4.78 is 4.95. The van der Waals surface area contributed by atoms with Gasteiger partial charge in [-0.05, 0) is 12.3 Å². The summed E-state index contributed by atoms with van der Waals surface area (Å²) in [6, 6.07) is 0. The van der Waals surface area contributed by atoms with E-state index in [4.69, 9.17) is 16.3 Å². The molecule has 2 heteroatoms. The summed E-state index contributed by atoms with van der Waals surface area (Å²) in [6.45, 7) is 2.91. The second-order valence-corrected chi connectivity index (χ2v) is 2.72. The first-order valence-corrected chi connectivity index (χ1v) is 4.06. The average Bonchev–Trinajstić information content (AvgIpc) is 1.89. The third-order valence-corrected chi connectivity index (χ3v) is 1.39. The summed E-state index contributed by atoms with van der Waals surface area (Å²) in [7, 11) is 1.71. The summed E-state index contributed by atoms with van der Waals surface area (Å²) in [5.74, 6) is 1.21. The molecule has 0 N–H and O–H groups in total. The Morgan fingerprint density at radius 1 is 1.60 bits per heavy atom. The molecule has 0 radical (unpaired) electrons. The number of ether oxygens (including phenoxy) is 1. The van der Waals surface area contributed by atoms with Crippen LogP contribution in [0.5, 0.6) is 0 Å². The van der Waals surface area contributed by atoms with Crippen LogP contribution in [-0.4, -0.2) is 19.6 Å². The van der Waals surface area contributed by atoms with E-state index in [2.05, 4.69) is 19.1 Å². The molecule has 0 aromatic rings. The minimum Gasteiger partial charge on any atom is -0.384 e. The van der Waals surface area contributed by atoms with E-state index in [0.717, 1.165) is 13.0 Å². The van der Waals surface area contributed by atoms with Crippen LogP contribution in [0.3, 0.4) is 0 Å². The summed E-state index contributed by atoms with van der Waals surface area (Å²) in [5.41, 5.74) is 0. The summed E-state index contributed by atoms with van der Waals surface area (Å²) in [4.78, 5) is 0. The number of halogens is 1. The maximum atomic E-state index is 5.48. The lowest BCUT2D eigenvalue weighted by atomic mass is 10.2. The zero-order valence-electron chi connectivity index (χ0n) is 6.64. The lowest BCUT2D eigenvalue weighted by Gasteiger charge is -2.01. The molecule has 1 unspecified atom stereocenters. The van der Waals surface area contributed by atoms with E-state index in [9.17, 15) is 0 Å². The van der Waals surface area contributed by atoms with Crippen LogP contribution in [-0.2, 0) is 4.74 Å². The van der Waals surface area contributed by atoms with Crippen molar-refractivity contribution >= 4 is 11.6 Å². The second-order valence-electron chi connectivity index (χ2n) is 2.34. The van der Waals surface area contributed by atoms with E-state index >= 15 is 0 Å². The molecule has 60 valence electrons. The van der Waals surface area contributed by atoms with Gasteiger partial charge in [0, 0.05) is 13.0 Å². The Labute approximate surface area is 68.0 Å². The fourth-order valence-corrected chi connectivity index (χ4v) is 0.836. The molecule has 0 amide bonds. The number of methoxy groups -OCH3 is 1. The smallest absolute Gasteiger partial charge is 0.0522 e. The number of alkyl halides is 1. The molecule has 0 fully saturated rings. The first-order valence-electron chi connectivity index (χ1n) is 3.52. The molecule has 0 aromatic heterocycles. The second kappa shape index (κ2) is 7.10. The third kappa shape index (κ3) is 6.12. The molecule has 0 saturated heterocycles.